The van der Waals surface area contributed by atoms with Crippen LogP contribution in [0.15, 0.2) is 29.2 Å². The summed E-state index contributed by atoms with van der Waals surface area (Å²) < 4.78 is 4.72. The van der Waals surface area contributed by atoms with Gasteiger partial charge in [-0.05, 0) is 31.2 Å². The van der Waals surface area contributed by atoms with Crippen molar-refractivity contribution in [1.82, 2.24) is 4.98 Å². The number of aromatic nitrogens is 1. The maximum absolute atomic E-state index is 11.5. The number of carbonyl (C=O) groups is 1. The lowest BCUT2D eigenvalue weighted by molar-refractivity contribution is 0.0605. The van der Waals surface area contributed by atoms with Gasteiger partial charge in [-0.1, -0.05) is 11.6 Å². The lowest BCUT2D eigenvalue weighted by Gasteiger charge is -1.98. The number of halogens is 1. The van der Waals surface area contributed by atoms with Crippen molar-refractivity contribution in [1.29, 1.82) is 0 Å². The number of hydrogen-bond donors (Lipinski definition) is 0. The maximum Gasteiger partial charge on any atom is 0.349 e. The van der Waals surface area contributed by atoms with Crippen molar-refractivity contribution >= 4 is 40.7 Å². The SMILES string of the molecule is COC(=O)c1sc(CSc2ccc(Cl)cc2)nc1C. The summed E-state index contributed by atoms with van der Waals surface area (Å²) in [5, 5.41) is 1.64. The van der Waals surface area contributed by atoms with Gasteiger partial charge in [-0.15, -0.1) is 23.1 Å². The molecule has 0 atom stereocenters. The van der Waals surface area contributed by atoms with Crippen LogP contribution in [0.4, 0.5) is 0 Å². The number of esters is 1. The van der Waals surface area contributed by atoms with E-state index in [9.17, 15) is 4.79 Å². The van der Waals surface area contributed by atoms with Gasteiger partial charge in [0.25, 0.3) is 0 Å². The van der Waals surface area contributed by atoms with E-state index < -0.39 is 0 Å². The van der Waals surface area contributed by atoms with Crippen molar-refractivity contribution < 1.29 is 9.53 Å². The molecule has 0 aliphatic heterocycles. The first-order chi connectivity index (χ1) is 9.10. The molecule has 1 aromatic heterocycles. The lowest BCUT2D eigenvalue weighted by Crippen LogP contribution is -1.99. The van der Waals surface area contributed by atoms with E-state index in [0.29, 0.717) is 4.88 Å². The van der Waals surface area contributed by atoms with Crippen LogP contribution in [0.2, 0.25) is 5.02 Å². The Hall–Kier alpha value is -1.04. The molecule has 0 saturated carbocycles. The van der Waals surface area contributed by atoms with Crippen LogP contribution >= 0.6 is 34.7 Å². The summed E-state index contributed by atoms with van der Waals surface area (Å²) >= 11 is 8.88. The Morgan fingerprint density at radius 2 is 2.11 bits per heavy atom. The number of rotatable bonds is 4. The molecule has 0 saturated heterocycles. The predicted molar refractivity (Wildman–Crippen MR) is 79.2 cm³/mol. The van der Waals surface area contributed by atoms with Gasteiger partial charge in [0.1, 0.15) is 9.88 Å². The highest BCUT2D eigenvalue weighted by Gasteiger charge is 2.15. The van der Waals surface area contributed by atoms with Crippen LogP contribution in [0.5, 0.6) is 0 Å². The van der Waals surface area contributed by atoms with Gasteiger partial charge in [0, 0.05) is 9.92 Å². The highest BCUT2D eigenvalue weighted by Crippen LogP contribution is 2.27. The molecule has 0 unspecified atom stereocenters. The average Bonchev–Trinajstić information content (AvgIpc) is 2.78. The van der Waals surface area contributed by atoms with Crippen LogP contribution in [0.25, 0.3) is 0 Å². The molecule has 0 N–H and O–H groups in total. The van der Waals surface area contributed by atoms with Crippen molar-refractivity contribution in [2.75, 3.05) is 7.11 Å². The van der Waals surface area contributed by atoms with Crippen LogP contribution in [-0.4, -0.2) is 18.1 Å². The van der Waals surface area contributed by atoms with Crippen molar-refractivity contribution in [3.8, 4) is 0 Å². The topological polar surface area (TPSA) is 39.2 Å². The van der Waals surface area contributed by atoms with Gasteiger partial charge in [-0.3, -0.25) is 0 Å². The summed E-state index contributed by atoms with van der Waals surface area (Å²) in [6.45, 7) is 1.82. The van der Waals surface area contributed by atoms with E-state index in [2.05, 4.69) is 4.98 Å². The molecule has 100 valence electrons. The maximum atomic E-state index is 11.5. The first kappa shape index (κ1) is 14.4. The molecule has 1 aromatic carbocycles. The fourth-order valence-corrected chi connectivity index (χ4v) is 3.47. The molecule has 0 aliphatic carbocycles. The second-order valence-electron chi connectivity index (χ2n) is 3.76. The normalized spacial score (nSPS) is 10.5. The molecule has 0 spiro atoms. The van der Waals surface area contributed by atoms with E-state index in [4.69, 9.17) is 16.3 Å². The van der Waals surface area contributed by atoms with E-state index in [1.165, 1.54) is 18.4 Å². The second kappa shape index (κ2) is 6.41. The van der Waals surface area contributed by atoms with Gasteiger partial charge in [-0.25, -0.2) is 9.78 Å². The third-order valence-electron chi connectivity index (χ3n) is 2.39. The number of thioether (sulfide) groups is 1. The van der Waals surface area contributed by atoms with Gasteiger partial charge in [-0.2, -0.15) is 0 Å². The highest BCUT2D eigenvalue weighted by atomic mass is 35.5. The Morgan fingerprint density at radius 1 is 1.42 bits per heavy atom. The standard InChI is InChI=1S/C13H12ClNO2S2/c1-8-12(13(16)17-2)19-11(15-8)7-18-10-5-3-9(14)4-6-10/h3-6H,7H2,1-2H3. The van der Waals surface area contributed by atoms with Gasteiger partial charge >= 0.3 is 5.97 Å². The average molecular weight is 314 g/mol. The monoisotopic (exact) mass is 313 g/mol. The second-order valence-corrected chi connectivity index (χ2v) is 6.33. The quantitative estimate of drug-likeness (QED) is 0.627. The number of hydrogen-bond acceptors (Lipinski definition) is 5. The van der Waals surface area contributed by atoms with E-state index in [-0.39, 0.29) is 5.97 Å². The zero-order valence-electron chi connectivity index (χ0n) is 10.5. The van der Waals surface area contributed by atoms with Crippen LogP contribution in [0.3, 0.4) is 0 Å². The third-order valence-corrected chi connectivity index (χ3v) is 4.98. The summed E-state index contributed by atoms with van der Waals surface area (Å²) in [5.74, 6) is 0.405. The largest absolute Gasteiger partial charge is 0.465 e. The molecule has 0 aliphatic rings. The zero-order valence-corrected chi connectivity index (χ0v) is 12.9. The third kappa shape index (κ3) is 3.72. The fraction of sp³-hybridized carbons (Fsp3) is 0.231. The Kier molecular flexibility index (Phi) is 4.85. The number of benzene rings is 1. The van der Waals surface area contributed by atoms with Gasteiger partial charge in [0.05, 0.1) is 18.6 Å². The number of carbonyl (C=O) groups excluding carboxylic acids is 1. The van der Waals surface area contributed by atoms with Crippen molar-refractivity contribution in [3.05, 3.63) is 44.9 Å². The minimum absolute atomic E-state index is 0.322. The molecule has 6 heteroatoms. The molecule has 19 heavy (non-hydrogen) atoms. The number of aryl methyl sites for hydroxylation is 1. The Labute approximate surface area is 125 Å². The molecule has 2 rings (SSSR count). The summed E-state index contributed by atoms with van der Waals surface area (Å²) in [4.78, 5) is 17.6. The van der Waals surface area contributed by atoms with Gasteiger partial charge in [0.15, 0.2) is 0 Å². The van der Waals surface area contributed by atoms with Crippen LogP contribution < -0.4 is 0 Å². The number of methoxy groups -OCH3 is 1. The molecular weight excluding hydrogens is 302 g/mol. The number of ether oxygens (including phenoxy) is 1. The summed E-state index contributed by atoms with van der Waals surface area (Å²) in [6, 6.07) is 7.65. The molecule has 0 amide bonds. The van der Waals surface area contributed by atoms with E-state index in [0.717, 1.165) is 26.4 Å². The summed E-state index contributed by atoms with van der Waals surface area (Å²) in [7, 11) is 1.38. The van der Waals surface area contributed by atoms with Gasteiger partial charge in [0.2, 0.25) is 0 Å². The minimum Gasteiger partial charge on any atom is -0.465 e. The van der Waals surface area contributed by atoms with E-state index in [1.54, 1.807) is 11.8 Å². The Bertz CT molecular complexity index is 581. The smallest absolute Gasteiger partial charge is 0.349 e. The summed E-state index contributed by atoms with van der Waals surface area (Å²) in [5.41, 5.74) is 0.726. The van der Waals surface area contributed by atoms with Crippen molar-refractivity contribution in [3.63, 3.8) is 0 Å². The van der Waals surface area contributed by atoms with E-state index >= 15 is 0 Å². The highest BCUT2D eigenvalue weighted by molar-refractivity contribution is 7.98. The lowest BCUT2D eigenvalue weighted by atomic mass is 10.4. The Morgan fingerprint density at radius 3 is 2.74 bits per heavy atom. The predicted octanol–water partition coefficient (Wildman–Crippen LogP) is 4.18. The molecule has 0 fully saturated rings. The number of thiazole rings is 1. The van der Waals surface area contributed by atoms with Crippen LogP contribution in [0.1, 0.15) is 20.4 Å². The Balaban J connectivity index is 2.04. The molecular formula is C13H12ClNO2S2. The first-order valence-corrected chi connectivity index (χ1v) is 7.71. The minimum atomic E-state index is -0.322. The molecule has 0 bridgehead atoms. The molecule has 3 nitrogen and oxygen atoms in total. The van der Waals surface area contributed by atoms with E-state index in [1.807, 2.05) is 31.2 Å². The molecule has 0 radical (unpaired) electrons. The zero-order chi connectivity index (χ0) is 13.8. The van der Waals surface area contributed by atoms with Gasteiger partial charge < -0.3 is 4.74 Å². The number of nitrogens with zero attached hydrogens (tertiary/aromatic N) is 1. The van der Waals surface area contributed by atoms with Crippen LogP contribution in [0, 0.1) is 6.92 Å². The van der Waals surface area contributed by atoms with Crippen molar-refractivity contribution in [2.45, 2.75) is 17.6 Å². The first-order valence-electron chi connectivity index (χ1n) is 5.53. The van der Waals surface area contributed by atoms with Crippen molar-refractivity contribution in [2.24, 2.45) is 0 Å². The molecule has 2 aromatic rings. The van der Waals surface area contributed by atoms with Crippen LogP contribution in [-0.2, 0) is 10.5 Å². The fourth-order valence-electron chi connectivity index (χ4n) is 1.47. The molecule has 1 heterocycles. The summed E-state index contributed by atoms with van der Waals surface area (Å²) in [6.07, 6.45) is 0.